The molecule has 1 aliphatic rings. The summed E-state index contributed by atoms with van der Waals surface area (Å²) in [6.45, 7) is 7.20. The van der Waals surface area contributed by atoms with Gasteiger partial charge >= 0.3 is 0 Å². The van der Waals surface area contributed by atoms with Gasteiger partial charge in [-0.1, -0.05) is 19.4 Å². The van der Waals surface area contributed by atoms with Crippen molar-refractivity contribution < 1.29 is 9.47 Å². The van der Waals surface area contributed by atoms with Gasteiger partial charge in [0, 0.05) is 38.5 Å². The van der Waals surface area contributed by atoms with Gasteiger partial charge in [0.15, 0.2) is 5.96 Å². The predicted molar refractivity (Wildman–Crippen MR) is 96.4 cm³/mol. The Hall–Kier alpha value is -1.82. The second-order valence-corrected chi connectivity index (χ2v) is 6.35. The number of ether oxygens (including phenoxy) is 2. The molecule has 134 valence electrons. The van der Waals surface area contributed by atoms with Crippen molar-refractivity contribution in [1.29, 1.82) is 0 Å². The zero-order valence-corrected chi connectivity index (χ0v) is 15.1. The molecule has 1 fully saturated rings. The molecule has 1 unspecified atom stereocenters. The van der Waals surface area contributed by atoms with Crippen molar-refractivity contribution in [2.24, 2.45) is 4.99 Å². The van der Waals surface area contributed by atoms with Gasteiger partial charge in [0.05, 0.1) is 12.2 Å². The van der Waals surface area contributed by atoms with Crippen LogP contribution in [-0.4, -0.2) is 43.4 Å². The van der Waals surface area contributed by atoms with Crippen LogP contribution in [-0.2, 0) is 11.3 Å². The highest BCUT2D eigenvalue weighted by Crippen LogP contribution is 2.23. The van der Waals surface area contributed by atoms with Gasteiger partial charge in [0.25, 0.3) is 0 Å². The summed E-state index contributed by atoms with van der Waals surface area (Å²) >= 11 is 0. The summed E-state index contributed by atoms with van der Waals surface area (Å²) in [6.07, 6.45) is 6.10. The van der Waals surface area contributed by atoms with E-state index in [1.807, 2.05) is 12.1 Å². The number of nitrogens with one attached hydrogen (secondary N) is 2. The van der Waals surface area contributed by atoms with Crippen molar-refractivity contribution in [1.82, 2.24) is 15.6 Å². The maximum absolute atomic E-state index is 5.80. The summed E-state index contributed by atoms with van der Waals surface area (Å²) in [5, 5.41) is 6.67. The molecule has 0 saturated carbocycles. The van der Waals surface area contributed by atoms with Crippen LogP contribution in [0.1, 0.15) is 45.1 Å². The zero-order valence-electron chi connectivity index (χ0n) is 15.1. The molecule has 2 rings (SSSR count). The van der Waals surface area contributed by atoms with Crippen LogP contribution in [0, 0.1) is 0 Å². The summed E-state index contributed by atoms with van der Waals surface area (Å²) in [5.41, 5.74) is 0.931. The minimum atomic E-state index is -0.0969. The lowest BCUT2D eigenvalue weighted by molar-refractivity contribution is 0.0243. The van der Waals surface area contributed by atoms with Gasteiger partial charge in [-0.3, -0.25) is 4.99 Å². The van der Waals surface area contributed by atoms with Crippen LogP contribution in [0.4, 0.5) is 0 Å². The predicted octanol–water partition coefficient (Wildman–Crippen LogP) is 2.49. The van der Waals surface area contributed by atoms with E-state index >= 15 is 0 Å². The Bertz CT molecular complexity index is 528. The Morgan fingerprint density at radius 2 is 2.33 bits per heavy atom. The summed E-state index contributed by atoms with van der Waals surface area (Å²) < 4.78 is 11.6. The lowest BCUT2D eigenvalue weighted by atomic mass is 10.0. The molecule has 2 heterocycles. The highest BCUT2D eigenvalue weighted by Gasteiger charge is 2.29. The van der Waals surface area contributed by atoms with E-state index < -0.39 is 0 Å². The Balaban J connectivity index is 1.84. The quantitative estimate of drug-likeness (QED) is 0.434. The molecule has 24 heavy (non-hydrogen) atoms. The average molecular weight is 334 g/mol. The van der Waals surface area contributed by atoms with E-state index in [9.17, 15) is 0 Å². The first-order valence-corrected chi connectivity index (χ1v) is 8.82. The Kier molecular flexibility index (Phi) is 7.31. The summed E-state index contributed by atoms with van der Waals surface area (Å²) in [6, 6.07) is 3.95. The maximum atomic E-state index is 5.80. The number of guanidine groups is 1. The molecule has 1 atom stereocenters. The largest absolute Gasteiger partial charge is 0.477 e. The van der Waals surface area contributed by atoms with Crippen LogP contribution in [0.5, 0.6) is 5.88 Å². The molecule has 1 aromatic heterocycles. The second kappa shape index (κ2) is 9.47. The highest BCUT2D eigenvalue weighted by atomic mass is 16.5. The average Bonchev–Trinajstić information content (AvgIpc) is 3.03. The van der Waals surface area contributed by atoms with Gasteiger partial charge in [-0.05, 0) is 32.3 Å². The fraction of sp³-hybridized carbons (Fsp3) is 0.667. The van der Waals surface area contributed by atoms with Crippen LogP contribution in [0.2, 0.25) is 0 Å². The molecule has 1 saturated heterocycles. The van der Waals surface area contributed by atoms with Gasteiger partial charge < -0.3 is 20.1 Å². The van der Waals surface area contributed by atoms with Crippen LogP contribution < -0.4 is 15.4 Å². The topological polar surface area (TPSA) is 67.8 Å². The smallest absolute Gasteiger partial charge is 0.218 e. The van der Waals surface area contributed by atoms with E-state index in [0.29, 0.717) is 19.0 Å². The molecule has 1 aromatic rings. The van der Waals surface area contributed by atoms with Crippen LogP contribution in [0.15, 0.2) is 23.3 Å². The number of aromatic nitrogens is 1. The summed E-state index contributed by atoms with van der Waals surface area (Å²) in [4.78, 5) is 8.61. The van der Waals surface area contributed by atoms with E-state index in [1.54, 1.807) is 13.2 Å². The molecule has 6 nitrogen and oxygen atoms in total. The highest BCUT2D eigenvalue weighted by molar-refractivity contribution is 5.79. The van der Waals surface area contributed by atoms with Gasteiger partial charge in [-0.2, -0.15) is 0 Å². The first kappa shape index (κ1) is 18.5. The van der Waals surface area contributed by atoms with Crippen molar-refractivity contribution in [3.05, 3.63) is 23.9 Å². The Labute approximate surface area is 145 Å². The number of aliphatic imine (C=N–C) groups is 1. The molecule has 0 radical (unpaired) electrons. The zero-order chi connectivity index (χ0) is 17.3. The number of rotatable bonds is 8. The van der Waals surface area contributed by atoms with Gasteiger partial charge in [0.1, 0.15) is 0 Å². The molecule has 2 N–H and O–H groups in total. The monoisotopic (exact) mass is 334 g/mol. The third kappa shape index (κ3) is 5.67. The molecule has 6 heteroatoms. The van der Waals surface area contributed by atoms with Crippen molar-refractivity contribution >= 4 is 5.96 Å². The van der Waals surface area contributed by atoms with Gasteiger partial charge in [0.2, 0.25) is 5.88 Å². The van der Waals surface area contributed by atoms with Crippen molar-refractivity contribution in [3.63, 3.8) is 0 Å². The lowest BCUT2D eigenvalue weighted by Crippen LogP contribution is -2.45. The number of hydrogen-bond acceptors (Lipinski definition) is 4. The normalized spacial score (nSPS) is 20.9. The molecular formula is C18H30N4O2. The number of hydrogen-bond donors (Lipinski definition) is 2. The second-order valence-electron chi connectivity index (χ2n) is 6.35. The molecular weight excluding hydrogens is 304 g/mol. The van der Waals surface area contributed by atoms with E-state index in [1.165, 1.54) is 0 Å². The van der Waals surface area contributed by atoms with Crippen molar-refractivity contribution in [2.75, 3.05) is 26.8 Å². The maximum Gasteiger partial charge on any atom is 0.218 e. The number of pyridine rings is 1. The van der Waals surface area contributed by atoms with E-state index in [-0.39, 0.29) is 5.60 Å². The molecule has 0 aromatic carbocycles. The van der Waals surface area contributed by atoms with Gasteiger partial charge in [-0.25, -0.2) is 4.98 Å². The van der Waals surface area contributed by atoms with Crippen LogP contribution >= 0.6 is 0 Å². The molecule has 0 aliphatic carbocycles. The standard InChI is InChI=1S/C18H30N4O2/c1-4-5-11-23-16-15(8-6-10-20-16)13-21-17(19-3)22-14-18(2)9-7-12-24-18/h6,8,10H,4-5,7,9,11-14H2,1-3H3,(H2,19,21,22). The van der Waals surface area contributed by atoms with Crippen molar-refractivity contribution in [2.45, 2.75) is 51.7 Å². The molecule has 0 bridgehead atoms. The van der Waals surface area contributed by atoms with Crippen molar-refractivity contribution in [3.8, 4) is 5.88 Å². The van der Waals surface area contributed by atoms with Gasteiger partial charge in [-0.15, -0.1) is 0 Å². The molecule has 0 amide bonds. The summed E-state index contributed by atoms with van der Waals surface area (Å²) in [5.74, 6) is 1.45. The third-order valence-electron chi connectivity index (χ3n) is 4.19. The van der Waals surface area contributed by atoms with E-state index in [4.69, 9.17) is 9.47 Å². The fourth-order valence-corrected chi connectivity index (χ4v) is 2.65. The molecule has 0 spiro atoms. The lowest BCUT2D eigenvalue weighted by Gasteiger charge is -2.24. The van der Waals surface area contributed by atoms with Crippen LogP contribution in [0.3, 0.4) is 0 Å². The fourth-order valence-electron chi connectivity index (χ4n) is 2.65. The first-order chi connectivity index (χ1) is 11.7. The minimum Gasteiger partial charge on any atom is -0.477 e. The number of nitrogens with zero attached hydrogens (tertiary/aromatic N) is 2. The van der Waals surface area contributed by atoms with Crippen LogP contribution in [0.25, 0.3) is 0 Å². The third-order valence-corrected chi connectivity index (χ3v) is 4.19. The first-order valence-electron chi connectivity index (χ1n) is 8.82. The van der Waals surface area contributed by atoms with E-state index in [0.717, 1.165) is 50.4 Å². The summed E-state index contributed by atoms with van der Waals surface area (Å²) in [7, 11) is 1.77. The van der Waals surface area contributed by atoms with E-state index in [2.05, 4.69) is 34.5 Å². The minimum absolute atomic E-state index is 0.0969. The molecule has 1 aliphatic heterocycles. The Morgan fingerprint density at radius 1 is 1.46 bits per heavy atom. The SMILES string of the molecule is CCCCOc1ncccc1CNC(=NC)NCC1(C)CCCO1. The number of unbranched alkanes of at least 4 members (excludes halogenated alkanes) is 1. The Morgan fingerprint density at radius 3 is 3.04 bits per heavy atom.